The van der Waals surface area contributed by atoms with Gasteiger partial charge in [-0.2, -0.15) is 5.10 Å². The van der Waals surface area contributed by atoms with Crippen LogP contribution in [0, 0.1) is 6.92 Å². The molecule has 1 aliphatic rings. The third-order valence-corrected chi connectivity index (χ3v) is 4.25. The fraction of sp³-hybridized carbons (Fsp3) is 0.529. The Labute approximate surface area is 130 Å². The zero-order chi connectivity index (χ0) is 15.4. The van der Waals surface area contributed by atoms with Crippen LogP contribution in [0.15, 0.2) is 24.5 Å². The fourth-order valence-corrected chi connectivity index (χ4v) is 3.05. The number of hydrogen-bond acceptors (Lipinski definition) is 3. The lowest BCUT2D eigenvalue weighted by atomic mass is 10.1. The van der Waals surface area contributed by atoms with Gasteiger partial charge in [0.2, 0.25) is 0 Å². The van der Waals surface area contributed by atoms with Crippen LogP contribution in [0.5, 0.6) is 0 Å². The van der Waals surface area contributed by atoms with Gasteiger partial charge in [-0.1, -0.05) is 6.07 Å². The first-order chi connectivity index (χ1) is 10.8. The van der Waals surface area contributed by atoms with Crippen LogP contribution < -0.4 is 5.32 Å². The van der Waals surface area contributed by atoms with Gasteiger partial charge in [0.05, 0.1) is 23.4 Å². The number of carbonyl (C=O) groups is 1. The Morgan fingerprint density at radius 3 is 3.23 bits per heavy atom. The molecule has 5 nitrogen and oxygen atoms in total. The van der Waals surface area contributed by atoms with Crippen LogP contribution >= 0.6 is 0 Å². The number of fused-ring (bicyclic) bond motifs is 1. The summed E-state index contributed by atoms with van der Waals surface area (Å²) in [5, 5.41) is 7.23. The highest BCUT2D eigenvalue weighted by atomic mass is 16.5. The predicted molar refractivity (Wildman–Crippen MR) is 85.1 cm³/mol. The number of aryl methyl sites for hydroxylation is 1. The highest BCUT2D eigenvalue weighted by molar-refractivity contribution is 6.01. The molecule has 1 amide bonds. The number of unbranched alkanes of at least 4 members (excludes halogenated alkanes) is 1. The zero-order valence-electron chi connectivity index (χ0n) is 13.0. The third kappa shape index (κ3) is 3.30. The maximum absolute atomic E-state index is 12.3. The summed E-state index contributed by atoms with van der Waals surface area (Å²) < 4.78 is 7.35. The van der Waals surface area contributed by atoms with Crippen LogP contribution in [0.4, 0.5) is 0 Å². The minimum absolute atomic E-state index is 0.0404. The van der Waals surface area contributed by atoms with Crippen molar-refractivity contribution in [2.24, 2.45) is 0 Å². The molecule has 1 atom stereocenters. The molecule has 1 unspecified atom stereocenters. The lowest BCUT2D eigenvalue weighted by Gasteiger charge is -2.09. The highest BCUT2D eigenvalue weighted by Gasteiger charge is 2.15. The summed E-state index contributed by atoms with van der Waals surface area (Å²) in [4.78, 5) is 12.3. The van der Waals surface area contributed by atoms with Crippen molar-refractivity contribution in [1.29, 1.82) is 0 Å². The Hall–Kier alpha value is -1.88. The molecule has 1 saturated heterocycles. The van der Waals surface area contributed by atoms with E-state index in [-0.39, 0.29) is 5.91 Å². The second-order valence-electron chi connectivity index (χ2n) is 5.93. The van der Waals surface area contributed by atoms with Gasteiger partial charge in [-0.3, -0.25) is 4.79 Å². The first-order valence-corrected chi connectivity index (χ1v) is 8.08. The quantitative estimate of drug-likeness (QED) is 0.835. The second-order valence-corrected chi connectivity index (χ2v) is 5.93. The molecule has 0 saturated carbocycles. The largest absolute Gasteiger partial charge is 0.378 e. The molecule has 3 rings (SSSR count). The SMILES string of the molecule is Cc1cccn2ncc(C(=O)NCCCCC3CCCO3)c12. The Kier molecular flexibility index (Phi) is 4.73. The van der Waals surface area contributed by atoms with Crippen molar-refractivity contribution in [1.82, 2.24) is 14.9 Å². The lowest BCUT2D eigenvalue weighted by molar-refractivity contribution is 0.0948. The van der Waals surface area contributed by atoms with E-state index in [9.17, 15) is 4.79 Å². The molecular weight excluding hydrogens is 278 g/mol. The number of rotatable bonds is 6. The molecule has 2 aromatic rings. The number of hydrogen-bond donors (Lipinski definition) is 1. The Morgan fingerprint density at radius 2 is 2.41 bits per heavy atom. The smallest absolute Gasteiger partial charge is 0.255 e. The summed E-state index contributed by atoms with van der Waals surface area (Å²) in [6.07, 6.45) is 9.51. The van der Waals surface area contributed by atoms with E-state index in [0.717, 1.165) is 36.9 Å². The van der Waals surface area contributed by atoms with E-state index in [1.54, 1.807) is 10.7 Å². The third-order valence-electron chi connectivity index (χ3n) is 4.25. The first-order valence-electron chi connectivity index (χ1n) is 8.08. The maximum Gasteiger partial charge on any atom is 0.255 e. The summed E-state index contributed by atoms with van der Waals surface area (Å²) in [7, 11) is 0. The fourth-order valence-electron chi connectivity index (χ4n) is 3.05. The molecule has 0 radical (unpaired) electrons. The van der Waals surface area contributed by atoms with Gasteiger partial charge in [-0.15, -0.1) is 0 Å². The van der Waals surface area contributed by atoms with Crippen LogP contribution in [-0.4, -0.2) is 34.8 Å². The van der Waals surface area contributed by atoms with Crippen LogP contribution in [0.1, 0.15) is 48.0 Å². The highest BCUT2D eigenvalue weighted by Crippen LogP contribution is 2.18. The minimum Gasteiger partial charge on any atom is -0.378 e. The summed E-state index contributed by atoms with van der Waals surface area (Å²) >= 11 is 0. The molecule has 1 aliphatic heterocycles. The minimum atomic E-state index is -0.0404. The van der Waals surface area contributed by atoms with Crippen LogP contribution in [0.3, 0.4) is 0 Å². The molecule has 1 N–H and O–H groups in total. The van der Waals surface area contributed by atoms with Crippen molar-refractivity contribution >= 4 is 11.4 Å². The normalized spacial score (nSPS) is 18.0. The number of pyridine rings is 1. The van der Waals surface area contributed by atoms with Crippen LogP contribution in [-0.2, 0) is 4.74 Å². The van der Waals surface area contributed by atoms with E-state index in [2.05, 4.69) is 10.4 Å². The Morgan fingerprint density at radius 1 is 1.50 bits per heavy atom. The van der Waals surface area contributed by atoms with Crippen molar-refractivity contribution in [2.75, 3.05) is 13.2 Å². The average Bonchev–Trinajstić information content (AvgIpc) is 3.16. The number of ether oxygens (including phenoxy) is 1. The molecule has 2 aromatic heterocycles. The molecule has 1 fully saturated rings. The standard InChI is InChI=1S/C17H23N3O2/c1-13-6-4-10-20-16(13)15(12-19-20)17(21)18-9-3-2-7-14-8-5-11-22-14/h4,6,10,12,14H,2-3,5,7-9,11H2,1H3,(H,18,21). The van der Waals surface area contributed by atoms with E-state index >= 15 is 0 Å². The van der Waals surface area contributed by atoms with Gasteiger partial charge in [-0.25, -0.2) is 4.52 Å². The molecular formula is C17H23N3O2. The number of nitrogens with zero attached hydrogens (tertiary/aromatic N) is 2. The summed E-state index contributed by atoms with van der Waals surface area (Å²) in [5.41, 5.74) is 2.60. The predicted octanol–water partition coefficient (Wildman–Crippen LogP) is 2.72. The zero-order valence-corrected chi connectivity index (χ0v) is 13.0. The van der Waals surface area contributed by atoms with Crippen LogP contribution in [0.25, 0.3) is 5.52 Å². The van der Waals surface area contributed by atoms with E-state index in [1.807, 2.05) is 25.3 Å². The summed E-state index contributed by atoms with van der Waals surface area (Å²) in [6, 6.07) is 3.93. The number of amides is 1. The molecule has 0 aromatic carbocycles. The van der Waals surface area contributed by atoms with E-state index in [0.29, 0.717) is 18.2 Å². The van der Waals surface area contributed by atoms with E-state index in [4.69, 9.17) is 4.74 Å². The average molecular weight is 301 g/mol. The van der Waals surface area contributed by atoms with Crippen molar-refractivity contribution in [3.8, 4) is 0 Å². The molecule has 5 heteroatoms. The van der Waals surface area contributed by atoms with Gasteiger partial charge in [-0.05, 0) is 50.7 Å². The van der Waals surface area contributed by atoms with E-state index in [1.165, 1.54) is 12.8 Å². The van der Waals surface area contributed by atoms with Crippen molar-refractivity contribution in [3.63, 3.8) is 0 Å². The van der Waals surface area contributed by atoms with Crippen molar-refractivity contribution in [3.05, 3.63) is 35.7 Å². The molecule has 0 spiro atoms. The molecule has 0 bridgehead atoms. The topological polar surface area (TPSA) is 55.6 Å². The van der Waals surface area contributed by atoms with Crippen molar-refractivity contribution in [2.45, 2.75) is 45.1 Å². The monoisotopic (exact) mass is 301 g/mol. The number of aromatic nitrogens is 2. The van der Waals surface area contributed by atoms with Gasteiger partial charge in [0.15, 0.2) is 0 Å². The van der Waals surface area contributed by atoms with Gasteiger partial charge in [0.1, 0.15) is 0 Å². The van der Waals surface area contributed by atoms with E-state index < -0.39 is 0 Å². The van der Waals surface area contributed by atoms with Gasteiger partial charge in [0.25, 0.3) is 5.91 Å². The Balaban J connectivity index is 1.49. The molecule has 22 heavy (non-hydrogen) atoms. The van der Waals surface area contributed by atoms with Gasteiger partial charge >= 0.3 is 0 Å². The molecule has 118 valence electrons. The summed E-state index contributed by atoms with van der Waals surface area (Å²) in [6.45, 7) is 3.61. The second kappa shape index (κ2) is 6.92. The number of carbonyl (C=O) groups excluding carboxylic acids is 1. The van der Waals surface area contributed by atoms with Crippen LogP contribution in [0.2, 0.25) is 0 Å². The van der Waals surface area contributed by atoms with Gasteiger partial charge < -0.3 is 10.1 Å². The Bertz CT molecular complexity index is 644. The number of nitrogens with one attached hydrogen (secondary N) is 1. The van der Waals surface area contributed by atoms with Crippen molar-refractivity contribution < 1.29 is 9.53 Å². The first kappa shape index (κ1) is 15.0. The molecule has 3 heterocycles. The lowest BCUT2D eigenvalue weighted by Crippen LogP contribution is -2.24. The van der Waals surface area contributed by atoms with Gasteiger partial charge in [0, 0.05) is 19.3 Å². The maximum atomic E-state index is 12.3. The summed E-state index contributed by atoms with van der Waals surface area (Å²) in [5.74, 6) is -0.0404. The molecule has 0 aliphatic carbocycles.